The minimum absolute atomic E-state index is 0.795. The van der Waals surface area contributed by atoms with Crippen molar-refractivity contribution in [2.75, 3.05) is 20.6 Å². The van der Waals surface area contributed by atoms with E-state index in [2.05, 4.69) is 17.7 Å². The molecule has 13 heavy (non-hydrogen) atoms. The Hall–Kier alpha value is -0.0800. The highest BCUT2D eigenvalue weighted by Gasteiger charge is 2.18. The monoisotopic (exact) mass is 186 g/mol. The van der Waals surface area contributed by atoms with Gasteiger partial charge in [0.1, 0.15) is 0 Å². The average molecular weight is 186 g/mol. The Balaban J connectivity index is 0.000000671. The highest BCUT2D eigenvalue weighted by Crippen LogP contribution is 2.23. The van der Waals surface area contributed by atoms with E-state index in [-0.39, 0.29) is 0 Å². The van der Waals surface area contributed by atoms with E-state index in [1.807, 2.05) is 20.9 Å². The summed E-state index contributed by atoms with van der Waals surface area (Å²) in [7, 11) is 4.12. The lowest BCUT2D eigenvalue weighted by Crippen LogP contribution is -2.32. The fourth-order valence-corrected chi connectivity index (χ4v) is 1.94. The van der Waals surface area contributed by atoms with Gasteiger partial charge in [0.2, 0.25) is 0 Å². The van der Waals surface area contributed by atoms with Crippen LogP contribution < -0.4 is 10.6 Å². The average Bonchev–Trinajstić information content (AvgIpc) is 2.23. The second kappa shape index (κ2) is 8.52. The molecule has 1 rings (SSSR count). The van der Waals surface area contributed by atoms with E-state index >= 15 is 0 Å². The zero-order chi connectivity index (χ0) is 10.1. The van der Waals surface area contributed by atoms with Crippen LogP contribution in [0.3, 0.4) is 0 Å². The lowest BCUT2D eigenvalue weighted by atomic mass is 9.86. The molecule has 0 aromatic carbocycles. The molecule has 0 aromatic rings. The van der Waals surface area contributed by atoms with Crippen LogP contribution in [0.2, 0.25) is 0 Å². The summed E-state index contributed by atoms with van der Waals surface area (Å²) < 4.78 is 0. The maximum Gasteiger partial charge on any atom is 0.00642 e. The molecular weight excluding hydrogens is 160 g/mol. The van der Waals surface area contributed by atoms with Crippen molar-refractivity contribution in [2.45, 2.75) is 45.6 Å². The quantitative estimate of drug-likeness (QED) is 0.704. The van der Waals surface area contributed by atoms with E-state index in [0.717, 1.165) is 12.0 Å². The molecule has 0 radical (unpaired) electrons. The molecule has 1 fully saturated rings. The SMILES string of the molecule is CC.CNCC1CCC(NC)CC1. The molecule has 0 aliphatic heterocycles. The summed E-state index contributed by atoms with van der Waals surface area (Å²) in [5.74, 6) is 0.935. The molecule has 80 valence electrons. The Morgan fingerprint density at radius 2 is 1.54 bits per heavy atom. The Kier molecular flexibility index (Phi) is 8.46. The van der Waals surface area contributed by atoms with E-state index in [1.54, 1.807) is 0 Å². The van der Waals surface area contributed by atoms with Crippen LogP contribution in [0.5, 0.6) is 0 Å². The Morgan fingerprint density at radius 3 is 1.92 bits per heavy atom. The second-order valence-electron chi connectivity index (χ2n) is 3.56. The Morgan fingerprint density at radius 1 is 1.00 bits per heavy atom. The van der Waals surface area contributed by atoms with E-state index in [0.29, 0.717) is 0 Å². The molecule has 0 spiro atoms. The predicted molar refractivity (Wildman–Crippen MR) is 60.1 cm³/mol. The first-order chi connectivity index (χ1) is 6.36. The molecule has 2 nitrogen and oxygen atoms in total. The Bertz CT molecular complexity index is 96.3. The predicted octanol–water partition coefficient (Wildman–Crippen LogP) is 2.01. The molecule has 2 heteroatoms. The van der Waals surface area contributed by atoms with Gasteiger partial charge in [-0.1, -0.05) is 13.8 Å². The minimum Gasteiger partial charge on any atom is -0.319 e. The van der Waals surface area contributed by atoms with Crippen molar-refractivity contribution in [3.63, 3.8) is 0 Å². The molecule has 0 aromatic heterocycles. The van der Waals surface area contributed by atoms with Crippen LogP contribution in [-0.4, -0.2) is 26.7 Å². The summed E-state index contributed by atoms with van der Waals surface area (Å²) in [6, 6.07) is 0.795. The van der Waals surface area contributed by atoms with E-state index in [4.69, 9.17) is 0 Å². The molecule has 1 saturated carbocycles. The minimum atomic E-state index is 0.795. The van der Waals surface area contributed by atoms with Gasteiger partial charge in [0.05, 0.1) is 0 Å². The zero-order valence-corrected chi connectivity index (χ0v) is 9.69. The molecule has 0 bridgehead atoms. The van der Waals surface area contributed by atoms with Crippen molar-refractivity contribution in [1.82, 2.24) is 10.6 Å². The van der Waals surface area contributed by atoms with E-state index < -0.39 is 0 Å². The van der Waals surface area contributed by atoms with Crippen molar-refractivity contribution in [3.05, 3.63) is 0 Å². The van der Waals surface area contributed by atoms with Crippen molar-refractivity contribution in [1.29, 1.82) is 0 Å². The molecule has 1 aliphatic rings. The molecular formula is C11H26N2. The van der Waals surface area contributed by atoms with Crippen LogP contribution in [0, 0.1) is 5.92 Å². The van der Waals surface area contributed by atoms with Crippen molar-refractivity contribution < 1.29 is 0 Å². The summed E-state index contributed by atoms with van der Waals surface area (Å²) >= 11 is 0. The fourth-order valence-electron chi connectivity index (χ4n) is 1.94. The first kappa shape index (κ1) is 12.9. The van der Waals surface area contributed by atoms with Crippen molar-refractivity contribution in [3.8, 4) is 0 Å². The van der Waals surface area contributed by atoms with Crippen LogP contribution in [0.4, 0.5) is 0 Å². The smallest absolute Gasteiger partial charge is 0.00642 e. The summed E-state index contributed by atoms with van der Waals surface area (Å²) in [6.07, 6.45) is 5.52. The third-order valence-corrected chi connectivity index (χ3v) is 2.75. The first-order valence-electron chi connectivity index (χ1n) is 5.68. The van der Waals surface area contributed by atoms with Gasteiger partial charge in [0, 0.05) is 6.04 Å². The maximum absolute atomic E-state index is 3.35. The highest BCUT2D eigenvalue weighted by molar-refractivity contribution is 4.76. The molecule has 0 heterocycles. The van der Waals surface area contributed by atoms with Gasteiger partial charge in [0.25, 0.3) is 0 Å². The van der Waals surface area contributed by atoms with Gasteiger partial charge in [-0.05, 0) is 52.2 Å². The van der Waals surface area contributed by atoms with Crippen LogP contribution in [0.25, 0.3) is 0 Å². The molecule has 0 atom stereocenters. The Labute approximate surface area is 83.5 Å². The van der Waals surface area contributed by atoms with Crippen molar-refractivity contribution in [2.24, 2.45) is 5.92 Å². The summed E-state index contributed by atoms with van der Waals surface area (Å²) in [5.41, 5.74) is 0. The summed E-state index contributed by atoms with van der Waals surface area (Å²) in [4.78, 5) is 0. The summed E-state index contributed by atoms with van der Waals surface area (Å²) in [5, 5.41) is 6.60. The zero-order valence-electron chi connectivity index (χ0n) is 9.69. The van der Waals surface area contributed by atoms with Gasteiger partial charge < -0.3 is 10.6 Å². The fraction of sp³-hybridized carbons (Fsp3) is 1.00. The van der Waals surface area contributed by atoms with E-state index in [9.17, 15) is 0 Å². The number of rotatable bonds is 3. The highest BCUT2D eigenvalue weighted by atomic mass is 14.9. The number of nitrogens with one attached hydrogen (secondary N) is 2. The second-order valence-corrected chi connectivity index (χ2v) is 3.56. The van der Waals surface area contributed by atoms with Crippen LogP contribution in [0.1, 0.15) is 39.5 Å². The van der Waals surface area contributed by atoms with Gasteiger partial charge in [0.15, 0.2) is 0 Å². The van der Waals surface area contributed by atoms with Crippen LogP contribution in [-0.2, 0) is 0 Å². The largest absolute Gasteiger partial charge is 0.319 e. The lowest BCUT2D eigenvalue weighted by molar-refractivity contribution is 0.297. The van der Waals surface area contributed by atoms with Gasteiger partial charge in [-0.3, -0.25) is 0 Å². The van der Waals surface area contributed by atoms with Gasteiger partial charge in [-0.25, -0.2) is 0 Å². The van der Waals surface area contributed by atoms with Crippen LogP contribution >= 0.6 is 0 Å². The topological polar surface area (TPSA) is 24.1 Å². The van der Waals surface area contributed by atoms with Gasteiger partial charge in [-0.2, -0.15) is 0 Å². The summed E-state index contributed by atoms with van der Waals surface area (Å²) in [6.45, 7) is 5.20. The number of hydrogen-bond donors (Lipinski definition) is 2. The molecule has 2 N–H and O–H groups in total. The standard InChI is InChI=1S/C9H20N2.C2H6/c1-10-7-8-3-5-9(11-2)6-4-8;1-2/h8-11H,3-7H2,1-2H3;1-2H3. The normalized spacial score (nSPS) is 27.7. The first-order valence-corrected chi connectivity index (χ1v) is 5.68. The van der Waals surface area contributed by atoms with E-state index in [1.165, 1.54) is 32.2 Å². The van der Waals surface area contributed by atoms with Gasteiger partial charge >= 0.3 is 0 Å². The van der Waals surface area contributed by atoms with Crippen molar-refractivity contribution >= 4 is 0 Å². The van der Waals surface area contributed by atoms with Crippen LogP contribution in [0.15, 0.2) is 0 Å². The maximum atomic E-state index is 3.35. The molecule has 0 unspecified atom stereocenters. The molecule has 1 aliphatic carbocycles. The molecule has 0 amide bonds. The lowest BCUT2D eigenvalue weighted by Gasteiger charge is -2.27. The third-order valence-electron chi connectivity index (χ3n) is 2.75. The number of hydrogen-bond acceptors (Lipinski definition) is 2. The molecule has 0 saturated heterocycles. The van der Waals surface area contributed by atoms with Gasteiger partial charge in [-0.15, -0.1) is 0 Å². The third kappa shape index (κ3) is 5.27.